The molecule has 1 fully saturated rings. The molecule has 72 valence electrons. The van der Waals surface area contributed by atoms with E-state index in [-0.39, 0.29) is 0 Å². The van der Waals surface area contributed by atoms with Crippen LogP contribution in [0.25, 0.3) is 0 Å². The monoisotopic (exact) mass is 258 g/mol. The van der Waals surface area contributed by atoms with Gasteiger partial charge >= 0.3 is 0 Å². The predicted molar refractivity (Wildman–Crippen MR) is 63.0 cm³/mol. The molecule has 2 unspecified atom stereocenters. The minimum absolute atomic E-state index is 0.443. The number of thiophene rings is 1. The Labute approximate surface area is 92.5 Å². The second kappa shape index (κ2) is 3.39. The van der Waals surface area contributed by atoms with E-state index in [1.165, 1.54) is 24.1 Å². The van der Waals surface area contributed by atoms with Crippen molar-refractivity contribution in [3.8, 4) is 0 Å². The van der Waals surface area contributed by atoms with Crippen molar-refractivity contribution in [1.29, 1.82) is 0 Å². The van der Waals surface area contributed by atoms with Crippen LogP contribution in [0.2, 0.25) is 0 Å². The van der Waals surface area contributed by atoms with Crippen molar-refractivity contribution >= 4 is 27.3 Å². The quantitative estimate of drug-likeness (QED) is 0.661. The summed E-state index contributed by atoms with van der Waals surface area (Å²) in [6.07, 6.45) is 3.96. The highest BCUT2D eigenvalue weighted by Crippen LogP contribution is 2.45. The minimum Gasteiger partial charge on any atom is -0.149 e. The highest BCUT2D eigenvalue weighted by atomic mass is 79.9. The lowest BCUT2D eigenvalue weighted by Crippen LogP contribution is -2.17. The van der Waals surface area contributed by atoms with E-state index in [0.29, 0.717) is 5.41 Å². The number of halogens is 1. The molecule has 0 saturated heterocycles. The Bertz CT molecular complexity index is 305. The van der Waals surface area contributed by atoms with Gasteiger partial charge in [-0.3, -0.25) is 0 Å². The molecule has 0 radical (unpaired) electrons. The highest BCUT2D eigenvalue weighted by molar-refractivity contribution is 9.09. The standard InChI is InChI=1S/C11H15BrS/c1-8-10(4-6-13-8)11(2)5-3-9(12)7-11/h4,6,9H,3,5,7H2,1-2H3. The van der Waals surface area contributed by atoms with Gasteiger partial charge in [0.15, 0.2) is 0 Å². The van der Waals surface area contributed by atoms with Gasteiger partial charge in [-0.1, -0.05) is 22.9 Å². The van der Waals surface area contributed by atoms with E-state index in [0.717, 1.165) is 4.83 Å². The van der Waals surface area contributed by atoms with Gasteiger partial charge in [0.1, 0.15) is 0 Å². The smallest absolute Gasteiger partial charge is 0.0154 e. The number of aryl methyl sites for hydroxylation is 1. The maximum atomic E-state index is 3.73. The molecule has 2 rings (SSSR count). The molecule has 1 aliphatic carbocycles. The van der Waals surface area contributed by atoms with Gasteiger partial charge in [0.05, 0.1) is 0 Å². The zero-order valence-corrected chi connectivity index (χ0v) is 10.5. The Morgan fingerprint density at radius 3 is 2.85 bits per heavy atom. The zero-order chi connectivity index (χ0) is 9.47. The van der Waals surface area contributed by atoms with Crippen molar-refractivity contribution in [2.75, 3.05) is 0 Å². The molecule has 1 aromatic rings. The normalized spacial score (nSPS) is 33.9. The lowest BCUT2D eigenvalue weighted by atomic mass is 9.81. The Kier molecular flexibility index (Phi) is 2.54. The molecule has 0 nitrogen and oxygen atoms in total. The summed E-state index contributed by atoms with van der Waals surface area (Å²) in [5, 5.41) is 2.22. The zero-order valence-electron chi connectivity index (χ0n) is 8.14. The van der Waals surface area contributed by atoms with Gasteiger partial charge in [0, 0.05) is 9.70 Å². The molecule has 0 amide bonds. The van der Waals surface area contributed by atoms with Gasteiger partial charge in [-0.25, -0.2) is 0 Å². The van der Waals surface area contributed by atoms with Gasteiger partial charge < -0.3 is 0 Å². The molecule has 0 spiro atoms. The van der Waals surface area contributed by atoms with E-state index in [9.17, 15) is 0 Å². The van der Waals surface area contributed by atoms with E-state index >= 15 is 0 Å². The molecule has 1 saturated carbocycles. The molecule has 1 heterocycles. The fourth-order valence-electron chi connectivity index (χ4n) is 2.42. The summed E-state index contributed by atoms with van der Waals surface area (Å²) in [5.74, 6) is 0. The van der Waals surface area contributed by atoms with Gasteiger partial charge in [0.25, 0.3) is 0 Å². The summed E-state index contributed by atoms with van der Waals surface area (Å²) in [6.45, 7) is 4.65. The lowest BCUT2D eigenvalue weighted by Gasteiger charge is -2.23. The van der Waals surface area contributed by atoms with Crippen LogP contribution in [0.1, 0.15) is 36.6 Å². The average Bonchev–Trinajstić information content (AvgIpc) is 2.59. The van der Waals surface area contributed by atoms with Crippen molar-refractivity contribution in [3.05, 3.63) is 21.9 Å². The third-order valence-corrected chi connectivity index (χ3v) is 4.82. The maximum absolute atomic E-state index is 3.73. The van der Waals surface area contributed by atoms with E-state index < -0.39 is 0 Å². The van der Waals surface area contributed by atoms with Gasteiger partial charge in [-0.2, -0.15) is 0 Å². The first kappa shape index (κ1) is 9.72. The van der Waals surface area contributed by atoms with Crippen molar-refractivity contribution in [2.24, 2.45) is 0 Å². The highest BCUT2D eigenvalue weighted by Gasteiger charge is 2.36. The molecule has 0 N–H and O–H groups in total. The van der Waals surface area contributed by atoms with Crippen LogP contribution in [0, 0.1) is 6.92 Å². The van der Waals surface area contributed by atoms with Crippen LogP contribution in [-0.2, 0) is 5.41 Å². The summed E-state index contributed by atoms with van der Waals surface area (Å²) in [4.78, 5) is 2.24. The topological polar surface area (TPSA) is 0 Å². The lowest BCUT2D eigenvalue weighted by molar-refractivity contribution is 0.492. The summed E-state index contributed by atoms with van der Waals surface area (Å²) in [6, 6.07) is 2.31. The van der Waals surface area contributed by atoms with Crippen molar-refractivity contribution in [2.45, 2.75) is 43.4 Å². The molecule has 1 aliphatic rings. The van der Waals surface area contributed by atoms with E-state index in [1.54, 1.807) is 5.56 Å². The number of hydrogen-bond donors (Lipinski definition) is 0. The third-order valence-electron chi connectivity index (χ3n) is 3.19. The predicted octanol–water partition coefficient (Wildman–Crippen LogP) is 4.26. The molecular weight excluding hydrogens is 244 g/mol. The van der Waals surface area contributed by atoms with Gasteiger partial charge in [0.2, 0.25) is 0 Å². The van der Waals surface area contributed by atoms with Crippen LogP contribution in [0.5, 0.6) is 0 Å². The number of alkyl halides is 1. The second-order valence-electron chi connectivity index (χ2n) is 4.29. The molecule has 0 bridgehead atoms. The van der Waals surface area contributed by atoms with E-state index in [2.05, 4.69) is 41.2 Å². The van der Waals surface area contributed by atoms with Crippen LogP contribution < -0.4 is 0 Å². The molecule has 1 aromatic heterocycles. The maximum Gasteiger partial charge on any atom is 0.0154 e. The minimum atomic E-state index is 0.443. The first-order valence-electron chi connectivity index (χ1n) is 4.80. The molecular formula is C11H15BrS. The Morgan fingerprint density at radius 2 is 2.38 bits per heavy atom. The average molecular weight is 259 g/mol. The molecule has 0 aliphatic heterocycles. The largest absolute Gasteiger partial charge is 0.149 e. The van der Waals surface area contributed by atoms with Crippen LogP contribution in [0.3, 0.4) is 0 Å². The van der Waals surface area contributed by atoms with Crippen LogP contribution in [-0.4, -0.2) is 4.83 Å². The SMILES string of the molecule is Cc1sccc1C1(C)CCC(Br)C1. The van der Waals surface area contributed by atoms with Crippen molar-refractivity contribution in [1.82, 2.24) is 0 Å². The molecule has 2 heteroatoms. The van der Waals surface area contributed by atoms with Crippen LogP contribution in [0.4, 0.5) is 0 Å². The fourth-order valence-corrected chi connectivity index (χ4v) is 4.22. The Morgan fingerprint density at radius 1 is 1.62 bits per heavy atom. The molecule has 2 atom stereocenters. The first-order valence-corrected chi connectivity index (χ1v) is 6.60. The van der Waals surface area contributed by atoms with Gasteiger partial charge in [-0.15, -0.1) is 11.3 Å². The Balaban J connectivity index is 2.30. The van der Waals surface area contributed by atoms with E-state index in [4.69, 9.17) is 0 Å². The van der Waals surface area contributed by atoms with Crippen LogP contribution >= 0.6 is 27.3 Å². The second-order valence-corrected chi connectivity index (χ2v) is 6.71. The summed E-state index contributed by atoms with van der Waals surface area (Å²) in [5.41, 5.74) is 2.03. The number of rotatable bonds is 1. The van der Waals surface area contributed by atoms with Gasteiger partial charge in [-0.05, 0) is 48.6 Å². The Hall–Kier alpha value is 0.180. The van der Waals surface area contributed by atoms with E-state index in [1.807, 2.05) is 11.3 Å². The van der Waals surface area contributed by atoms with Crippen molar-refractivity contribution < 1.29 is 0 Å². The first-order chi connectivity index (χ1) is 6.12. The molecule has 0 aromatic carbocycles. The van der Waals surface area contributed by atoms with Crippen molar-refractivity contribution in [3.63, 3.8) is 0 Å². The fraction of sp³-hybridized carbons (Fsp3) is 0.636. The number of hydrogen-bond acceptors (Lipinski definition) is 1. The summed E-state index contributed by atoms with van der Waals surface area (Å²) < 4.78 is 0. The third kappa shape index (κ3) is 1.71. The summed E-state index contributed by atoms with van der Waals surface area (Å²) in [7, 11) is 0. The van der Waals surface area contributed by atoms with Crippen LogP contribution in [0.15, 0.2) is 11.4 Å². The summed E-state index contributed by atoms with van der Waals surface area (Å²) >= 11 is 5.60. The molecule has 13 heavy (non-hydrogen) atoms.